The molecule has 1 aromatic heterocycles. The Kier molecular flexibility index (Phi) is 5.41. The monoisotopic (exact) mass is 319 g/mol. The molecule has 0 aliphatic carbocycles. The van der Waals surface area contributed by atoms with Crippen molar-refractivity contribution in [2.45, 2.75) is 19.8 Å². The molecule has 0 radical (unpaired) electrons. The molecule has 0 fully saturated rings. The van der Waals surface area contributed by atoms with Crippen LogP contribution in [0.2, 0.25) is 0 Å². The van der Waals surface area contributed by atoms with E-state index in [0.29, 0.717) is 18.0 Å². The highest BCUT2D eigenvalue weighted by Crippen LogP contribution is 2.09. The summed E-state index contributed by atoms with van der Waals surface area (Å²) in [5.41, 5.74) is 8.32. The first-order valence-electron chi connectivity index (χ1n) is 6.61. The van der Waals surface area contributed by atoms with Crippen LogP contribution in [-0.4, -0.2) is 22.4 Å². The molecule has 0 bridgehead atoms. The van der Waals surface area contributed by atoms with Crippen LogP contribution in [0.25, 0.3) is 0 Å². The number of hydrogen-bond donors (Lipinski definition) is 2. The van der Waals surface area contributed by atoms with Crippen molar-refractivity contribution >= 4 is 34.5 Å². The molecule has 4 nitrogen and oxygen atoms in total. The number of hydrogen-bond acceptors (Lipinski definition) is 4. The first-order chi connectivity index (χ1) is 10.0. The maximum absolute atomic E-state index is 11.8. The number of thiocarbonyl (C=S) groups is 1. The highest BCUT2D eigenvalue weighted by Gasteiger charge is 2.05. The molecule has 0 spiro atoms. The minimum Gasteiger partial charge on any atom is -0.389 e. The number of aromatic nitrogens is 1. The number of carbonyl (C=O) groups is 1. The van der Waals surface area contributed by atoms with Gasteiger partial charge >= 0.3 is 0 Å². The second-order valence-corrected chi connectivity index (χ2v) is 6.10. The second kappa shape index (κ2) is 7.28. The smallest absolute Gasteiger partial charge is 0.224 e. The molecular formula is C15H17N3OS2. The van der Waals surface area contributed by atoms with Gasteiger partial charge in [0.1, 0.15) is 4.99 Å². The first kappa shape index (κ1) is 15.6. The molecule has 1 amide bonds. The fourth-order valence-corrected chi connectivity index (χ4v) is 2.77. The molecule has 0 atom stereocenters. The Balaban J connectivity index is 1.77. The van der Waals surface area contributed by atoms with E-state index in [2.05, 4.69) is 10.3 Å². The molecule has 2 rings (SSSR count). The number of nitrogens with one attached hydrogen (secondary N) is 1. The molecule has 2 aromatic rings. The third-order valence-electron chi connectivity index (χ3n) is 2.93. The van der Waals surface area contributed by atoms with E-state index in [1.807, 2.05) is 36.6 Å². The topological polar surface area (TPSA) is 68.0 Å². The van der Waals surface area contributed by atoms with E-state index in [0.717, 1.165) is 28.2 Å². The van der Waals surface area contributed by atoms with Crippen molar-refractivity contribution in [3.63, 3.8) is 0 Å². The minimum atomic E-state index is 0.00588. The Labute approximate surface area is 133 Å². The van der Waals surface area contributed by atoms with E-state index in [9.17, 15) is 4.79 Å². The van der Waals surface area contributed by atoms with Gasteiger partial charge < -0.3 is 11.1 Å². The molecule has 0 saturated heterocycles. The van der Waals surface area contributed by atoms with E-state index in [-0.39, 0.29) is 5.91 Å². The van der Waals surface area contributed by atoms with Crippen molar-refractivity contribution < 1.29 is 4.79 Å². The Morgan fingerprint density at radius 3 is 2.67 bits per heavy atom. The SMILES string of the molecule is Cc1csc(CCNC(=O)Cc2ccc(C(N)=S)cc2)n1. The molecule has 6 heteroatoms. The fourth-order valence-electron chi connectivity index (χ4n) is 1.86. The van der Waals surface area contributed by atoms with E-state index in [4.69, 9.17) is 18.0 Å². The maximum Gasteiger partial charge on any atom is 0.224 e. The molecule has 21 heavy (non-hydrogen) atoms. The molecule has 0 aliphatic rings. The number of nitrogens with two attached hydrogens (primary N) is 1. The molecule has 1 aromatic carbocycles. The predicted molar refractivity (Wildman–Crippen MR) is 89.6 cm³/mol. The Bertz CT molecular complexity index is 635. The largest absolute Gasteiger partial charge is 0.389 e. The van der Waals surface area contributed by atoms with Crippen molar-refractivity contribution in [3.05, 3.63) is 51.5 Å². The Morgan fingerprint density at radius 1 is 1.38 bits per heavy atom. The summed E-state index contributed by atoms with van der Waals surface area (Å²) in [6.45, 7) is 2.58. The summed E-state index contributed by atoms with van der Waals surface area (Å²) >= 11 is 6.52. The van der Waals surface area contributed by atoms with Crippen LogP contribution < -0.4 is 11.1 Å². The van der Waals surface area contributed by atoms with E-state index >= 15 is 0 Å². The summed E-state index contributed by atoms with van der Waals surface area (Å²) in [6.07, 6.45) is 1.12. The lowest BCUT2D eigenvalue weighted by molar-refractivity contribution is -0.120. The zero-order valence-electron chi connectivity index (χ0n) is 11.8. The highest BCUT2D eigenvalue weighted by molar-refractivity contribution is 7.80. The van der Waals surface area contributed by atoms with Crippen LogP contribution in [0, 0.1) is 6.92 Å². The summed E-state index contributed by atoms with van der Waals surface area (Å²) in [6, 6.07) is 7.42. The molecule has 0 saturated carbocycles. The standard InChI is InChI=1S/C15H17N3OS2/c1-10-9-21-14(18-10)6-7-17-13(19)8-11-2-4-12(5-3-11)15(16)20/h2-5,9H,6-8H2,1H3,(H2,16,20)(H,17,19). The van der Waals surface area contributed by atoms with Crippen LogP contribution in [0.1, 0.15) is 21.8 Å². The van der Waals surface area contributed by atoms with Crippen LogP contribution >= 0.6 is 23.6 Å². The van der Waals surface area contributed by atoms with Crippen LogP contribution in [-0.2, 0) is 17.6 Å². The highest BCUT2D eigenvalue weighted by atomic mass is 32.1. The molecule has 0 aliphatic heterocycles. The lowest BCUT2D eigenvalue weighted by atomic mass is 10.1. The van der Waals surface area contributed by atoms with Gasteiger partial charge in [-0.15, -0.1) is 11.3 Å². The first-order valence-corrected chi connectivity index (χ1v) is 7.90. The average Bonchev–Trinajstić information content (AvgIpc) is 2.85. The predicted octanol–water partition coefficient (Wildman–Crippen LogP) is 1.99. The van der Waals surface area contributed by atoms with Gasteiger partial charge in [0.05, 0.1) is 11.4 Å². The average molecular weight is 319 g/mol. The normalized spacial score (nSPS) is 10.3. The van der Waals surface area contributed by atoms with Gasteiger partial charge in [-0.05, 0) is 12.5 Å². The molecule has 110 valence electrons. The van der Waals surface area contributed by atoms with Crippen LogP contribution in [0.15, 0.2) is 29.6 Å². The minimum absolute atomic E-state index is 0.00588. The van der Waals surface area contributed by atoms with Crippen LogP contribution in [0.5, 0.6) is 0 Å². The summed E-state index contributed by atoms with van der Waals surface area (Å²) in [7, 11) is 0. The Hall–Kier alpha value is -1.79. The van der Waals surface area contributed by atoms with E-state index in [1.165, 1.54) is 0 Å². The van der Waals surface area contributed by atoms with Gasteiger partial charge in [-0.25, -0.2) is 4.98 Å². The number of benzene rings is 1. The third-order valence-corrected chi connectivity index (χ3v) is 4.19. The zero-order chi connectivity index (χ0) is 15.2. The van der Waals surface area contributed by atoms with E-state index in [1.54, 1.807) is 11.3 Å². The molecular weight excluding hydrogens is 302 g/mol. The Morgan fingerprint density at radius 2 is 2.10 bits per heavy atom. The number of nitrogens with zero attached hydrogens (tertiary/aromatic N) is 1. The van der Waals surface area contributed by atoms with Gasteiger partial charge in [0, 0.05) is 29.6 Å². The lowest BCUT2D eigenvalue weighted by Crippen LogP contribution is -2.27. The summed E-state index contributed by atoms with van der Waals surface area (Å²) < 4.78 is 0. The van der Waals surface area contributed by atoms with Gasteiger partial charge in [0.25, 0.3) is 0 Å². The third kappa shape index (κ3) is 4.91. The van der Waals surface area contributed by atoms with Gasteiger partial charge in [0.15, 0.2) is 0 Å². The maximum atomic E-state index is 11.8. The molecule has 1 heterocycles. The number of aryl methyl sites for hydroxylation is 1. The van der Waals surface area contributed by atoms with E-state index < -0.39 is 0 Å². The fraction of sp³-hybridized carbons (Fsp3) is 0.267. The van der Waals surface area contributed by atoms with Gasteiger partial charge in [0.2, 0.25) is 5.91 Å². The number of amides is 1. The molecule has 0 unspecified atom stereocenters. The van der Waals surface area contributed by atoms with Gasteiger partial charge in [-0.1, -0.05) is 36.5 Å². The van der Waals surface area contributed by atoms with Gasteiger partial charge in [-0.2, -0.15) is 0 Å². The number of rotatable bonds is 6. The van der Waals surface area contributed by atoms with Crippen molar-refractivity contribution in [1.29, 1.82) is 0 Å². The van der Waals surface area contributed by atoms with Crippen LogP contribution in [0.3, 0.4) is 0 Å². The van der Waals surface area contributed by atoms with Crippen LogP contribution in [0.4, 0.5) is 0 Å². The van der Waals surface area contributed by atoms with Crippen molar-refractivity contribution in [2.75, 3.05) is 6.54 Å². The number of thiazole rings is 1. The summed E-state index contributed by atoms with van der Waals surface area (Å²) in [5.74, 6) is 0.00588. The quantitative estimate of drug-likeness (QED) is 0.799. The zero-order valence-corrected chi connectivity index (χ0v) is 13.4. The van der Waals surface area contributed by atoms with Crippen molar-refractivity contribution in [1.82, 2.24) is 10.3 Å². The number of carbonyl (C=O) groups excluding carboxylic acids is 1. The van der Waals surface area contributed by atoms with Crippen molar-refractivity contribution in [2.24, 2.45) is 5.73 Å². The second-order valence-electron chi connectivity index (χ2n) is 4.72. The van der Waals surface area contributed by atoms with Gasteiger partial charge in [-0.3, -0.25) is 4.79 Å². The van der Waals surface area contributed by atoms with Crippen molar-refractivity contribution in [3.8, 4) is 0 Å². The summed E-state index contributed by atoms with van der Waals surface area (Å²) in [5, 5.41) is 5.97. The molecule has 3 N–H and O–H groups in total. The summed E-state index contributed by atoms with van der Waals surface area (Å²) in [4.78, 5) is 16.6. The lowest BCUT2D eigenvalue weighted by Gasteiger charge is -2.05.